The number of hydrogen-bond acceptors (Lipinski definition) is 5. The molecule has 0 aliphatic heterocycles. The highest BCUT2D eigenvalue weighted by molar-refractivity contribution is 7.99. The van der Waals surface area contributed by atoms with E-state index < -0.39 is 0 Å². The summed E-state index contributed by atoms with van der Waals surface area (Å²) in [6.07, 6.45) is 0. The van der Waals surface area contributed by atoms with Crippen molar-refractivity contribution in [3.63, 3.8) is 0 Å². The Bertz CT molecular complexity index is 1640. The van der Waals surface area contributed by atoms with Crippen LogP contribution in [0.3, 0.4) is 0 Å². The minimum absolute atomic E-state index is 0.0584. The number of halogens is 1. The van der Waals surface area contributed by atoms with Crippen LogP contribution in [0.5, 0.6) is 5.75 Å². The number of carbonyl (C=O) groups excluding carboxylic acids is 1. The Labute approximate surface area is 216 Å². The molecule has 9 heteroatoms. The first-order valence-electron chi connectivity index (χ1n) is 11.4. The molecule has 2 N–H and O–H groups in total. The van der Waals surface area contributed by atoms with Gasteiger partial charge < -0.3 is 15.0 Å². The van der Waals surface area contributed by atoms with Crippen LogP contribution in [0, 0.1) is 6.92 Å². The number of carbonyl (C=O) groups is 1. The number of nitrogens with one attached hydrogen (secondary N) is 2. The van der Waals surface area contributed by atoms with Crippen molar-refractivity contribution in [3.05, 3.63) is 87.7 Å². The summed E-state index contributed by atoms with van der Waals surface area (Å²) in [6, 6.07) is 20.2. The number of rotatable bonds is 7. The van der Waals surface area contributed by atoms with Crippen LogP contribution in [-0.2, 0) is 4.79 Å². The highest BCUT2D eigenvalue weighted by atomic mass is 35.5. The van der Waals surface area contributed by atoms with Gasteiger partial charge in [0.1, 0.15) is 16.8 Å². The van der Waals surface area contributed by atoms with Gasteiger partial charge in [-0.1, -0.05) is 47.6 Å². The minimum atomic E-state index is -0.242. The maximum Gasteiger partial charge on any atom is 0.283 e. The van der Waals surface area contributed by atoms with Crippen molar-refractivity contribution in [2.24, 2.45) is 0 Å². The molecule has 1 amide bonds. The molecule has 5 aromatic rings. The zero-order chi connectivity index (χ0) is 25.2. The van der Waals surface area contributed by atoms with Gasteiger partial charge >= 0.3 is 0 Å². The Morgan fingerprint density at radius 2 is 1.92 bits per heavy atom. The van der Waals surface area contributed by atoms with Gasteiger partial charge in [0.25, 0.3) is 5.56 Å². The number of aromatic nitrogens is 3. The van der Waals surface area contributed by atoms with Crippen molar-refractivity contribution >= 4 is 56.9 Å². The molecule has 0 saturated heterocycles. The van der Waals surface area contributed by atoms with Crippen LogP contribution in [0.15, 0.2) is 76.7 Å². The molecule has 2 aromatic heterocycles. The van der Waals surface area contributed by atoms with Gasteiger partial charge in [0.05, 0.1) is 18.0 Å². The second kappa shape index (κ2) is 10.1. The van der Waals surface area contributed by atoms with Gasteiger partial charge in [-0.15, -0.1) is 0 Å². The number of anilines is 1. The largest absolute Gasteiger partial charge is 0.494 e. The van der Waals surface area contributed by atoms with E-state index in [4.69, 9.17) is 21.3 Å². The lowest BCUT2D eigenvalue weighted by atomic mass is 10.2. The van der Waals surface area contributed by atoms with E-state index in [0.29, 0.717) is 44.9 Å². The topological polar surface area (TPSA) is 89.0 Å². The first kappa shape index (κ1) is 24.0. The third kappa shape index (κ3) is 4.69. The second-order valence-electron chi connectivity index (χ2n) is 8.16. The normalized spacial score (nSPS) is 11.2. The molecule has 0 aliphatic rings. The predicted molar refractivity (Wildman–Crippen MR) is 146 cm³/mol. The zero-order valence-corrected chi connectivity index (χ0v) is 21.2. The number of fused-ring (bicyclic) bond motifs is 3. The fourth-order valence-corrected chi connectivity index (χ4v) is 4.91. The van der Waals surface area contributed by atoms with E-state index in [1.807, 2.05) is 56.3 Å². The standard InChI is InChI=1S/C27H23ClN4O3S/c1-3-35-19-12-10-18(11-13-19)32-26(34)25-24(20-6-4-5-7-22(20)30-25)31-27(32)36-15-23(33)29-17-9-8-16(2)21(28)14-17/h4-14,30H,3,15H2,1-2H3,(H,29,33). The smallest absolute Gasteiger partial charge is 0.283 e. The molecular weight excluding hydrogens is 496 g/mol. The number of amides is 1. The molecule has 0 saturated carbocycles. The average molecular weight is 519 g/mol. The summed E-state index contributed by atoms with van der Waals surface area (Å²) in [7, 11) is 0. The fourth-order valence-electron chi connectivity index (χ4n) is 3.92. The van der Waals surface area contributed by atoms with E-state index in [1.54, 1.807) is 24.3 Å². The lowest BCUT2D eigenvalue weighted by Gasteiger charge is -2.13. The number of benzene rings is 3. The summed E-state index contributed by atoms with van der Waals surface area (Å²) in [5.41, 5.74) is 3.74. The van der Waals surface area contributed by atoms with E-state index in [1.165, 1.54) is 16.3 Å². The lowest BCUT2D eigenvalue weighted by molar-refractivity contribution is -0.113. The molecule has 0 aliphatic carbocycles. The van der Waals surface area contributed by atoms with E-state index in [2.05, 4.69) is 10.3 Å². The van der Waals surface area contributed by atoms with Gasteiger partial charge in [0.15, 0.2) is 5.16 Å². The maximum absolute atomic E-state index is 13.7. The van der Waals surface area contributed by atoms with Gasteiger partial charge in [-0.2, -0.15) is 0 Å². The van der Waals surface area contributed by atoms with Crippen LogP contribution in [0.4, 0.5) is 5.69 Å². The molecule has 0 bridgehead atoms. The van der Waals surface area contributed by atoms with Crippen molar-refractivity contribution < 1.29 is 9.53 Å². The number of thioether (sulfide) groups is 1. The maximum atomic E-state index is 13.7. The Kier molecular flexibility index (Phi) is 6.71. The minimum Gasteiger partial charge on any atom is -0.494 e. The Morgan fingerprint density at radius 1 is 1.14 bits per heavy atom. The Hall–Kier alpha value is -3.75. The van der Waals surface area contributed by atoms with Gasteiger partial charge in [0, 0.05) is 21.6 Å². The molecule has 0 atom stereocenters. The number of ether oxygens (including phenoxy) is 1. The fraction of sp³-hybridized carbons (Fsp3) is 0.148. The number of para-hydroxylation sites is 1. The SMILES string of the molecule is CCOc1ccc(-n2c(SCC(=O)Nc3ccc(C)c(Cl)c3)nc3c([nH]c4ccccc43)c2=O)cc1. The van der Waals surface area contributed by atoms with Gasteiger partial charge in [-0.3, -0.25) is 14.2 Å². The lowest BCUT2D eigenvalue weighted by Crippen LogP contribution is -2.23. The van der Waals surface area contributed by atoms with Crippen LogP contribution in [0.2, 0.25) is 5.02 Å². The van der Waals surface area contributed by atoms with Crippen molar-refractivity contribution in [3.8, 4) is 11.4 Å². The molecule has 5 rings (SSSR count). The number of aryl methyl sites for hydroxylation is 1. The summed E-state index contributed by atoms with van der Waals surface area (Å²) in [6.45, 7) is 4.36. The van der Waals surface area contributed by atoms with Crippen molar-refractivity contribution in [1.29, 1.82) is 0 Å². The highest BCUT2D eigenvalue weighted by Crippen LogP contribution is 2.27. The van der Waals surface area contributed by atoms with Gasteiger partial charge in [-0.25, -0.2) is 4.98 Å². The highest BCUT2D eigenvalue weighted by Gasteiger charge is 2.18. The monoisotopic (exact) mass is 518 g/mol. The van der Waals surface area contributed by atoms with Gasteiger partial charge in [0.2, 0.25) is 5.91 Å². The van der Waals surface area contributed by atoms with Crippen molar-refractivity contribution in [1.82, 2.24) is 14.5 Å². The van der Waals surface area contributed by atoms with Crippen molar-refractivity contribution in [2.75, 3.05) is 17.7 Å². The molecule has 0 spiro atoms. The van der Waals surface area contributed by atoms with E-state index in [0.717, 1.165) is 16.5 Å². The molecule has 0 radical (unpaired) electrons. The summed E-state index contributed by atoms with van der Waals surface area (Å²) >= 11 is 7.38. The quantitative estimate of drug-likeness (QED) is 0.205. The van der Waals surface area contributed by atoms with Crippen LogP contribution < -0.4 is 15.6 Å². The second-order valence-corrected chi connectivity index (χ2v) is 9.51. The van der Waals surface area contributed by atoms with E-state index in [-0.39, 0.29) is 17.2 Å². The number of H-pyrrole nitrogens is 1. The molecule has 2 heterocycles. The van der Waals surface area contributed by atoms with Crippen LogP contribution in [0.1, 0.15) is 12.5 Å². The third-order valence-electron chi connectivity index (χ3n) is 5.69. The predicted octanol–water partition coefficient (Wildman–Crippen LogP) is 5.96. The first-order valence-corrected chi connectivity index (χ1v) is 12.8. The summed E-state index contributed by atoms with van der Waals surface area (Å²) in [5, 5.41) is 4.70. The number of aromatic amines is 1. The summed E-state index contributed by atoms with van der Waals surface area (Å²) < 4.78 is 7.06. The van der Waals surface area contributed by atoms with Gasteiger partial charge in [-0.05, 0) is 61.9 Å². The molecular formula is C27H23ClN4O3S. The molecule has 0 unspecified atom stereocenters. The molecule has 36 heavy (non-hydrogen) atoms. The van der Waals surface area contributed by atoms with Crippen LogP contribution >= 0.6 is 23.4 Å². The number of nitrogens with zero attached hydrogens (tertiary/aromatic N) is 2. The number of hydrogen-bond donors (Lipinski definition) is 2. The van der Waals surface area contributed by atoms with Crippen molar-refractivity contribution in [2.45, 2.75) is 19.0 Å². The zero-order valence-electron chi connectivity index (χ0n) is 19.7. The van der Waals surface area contributed by atoms with Crippen LogP contribution in [0.25, 0.3) is 27.6 Å². The molecule has 7 nitrogen and oxygen atoms in total. The third-order valence-corrected chi connectivity index (χ3v) is 7.03. The Balaban J connectivity index is 1.53. The van der Waals surface area contributed by atoms with Crippen LogP contribution in [-0.4, -0.2) is 32.8 Å². The average Bonchev–Trinajstić information content (AvgIpc) is 3.25. The summed E-state index contributed by atoms with van der Waals surface area (Å²) in [4.78, 5) is 34.4. The molecule has 182 valence electrons. The molecule has 3 aromatic carbocycles. The van der Waals surface area contributed by atoms with E-state index in [9.17, 15) is 9.59 Å². The Morgan fingerprint density at radius 3 is 2.67 bits per heavy atom. The molecule has 0 fully saturated rings. The summed E-state index contributed by atoms with van der Waals surface area (Å²) in [5.74, 6) is 0.536. The first-order chi connectivity index (χ1) is 17.4. The van der Waals surface area contributed by atoms with E-state index >= 15 is 0 Å².